The zero-order chi connectivity index (χ0) is 13.1. The number of nitrogens with zero attached hydrogens (tertiary/aromatic N) is 1. The van der Waals surface area contributed by atoms with Crippen molar-refractivity contribution in [3.63, 3.8) is 0 Å². The van der Waals surface area contributed by atoms with E-state index in [9.17, 15) is 4.79 Å². The molecule has 0 heterocycles. The summed E-state index contributed by atoms with van der Waals surface area (Å²) in [6, 6.07) is 0.660. The van der Waals surface area contributed by atoms with Crippen LogP contribution in [-0.4, -0.2) is 35.5 Å². The Hall–Kier alpha value is -0.570. The van der Waals surface area contributed by atoms with Crippen LogP contribution in [0.15, 0.2) is 0 Å². The maximum atomic E-state index is 12.0. The molecule has 0 spiro atoms. The van der Waals surface area contributed by atoms with Crippen LogP contribution in [0.25, 0.3) is 0 Å². The third-order valence-corrected chi connectivity index (χ3v) is 3.37. The van der Waals surface area contributed by atoms with Crippen LogP contribution >= 0.6 is 0 Å². The van der Waals surface area contributed by atoms with E-state index in [0.717, 1.165) is 13.0 Å². The van der Waals surface area contributed by atoms with Gasteiger partial charge in [0.15, 0.2) is 0 Å². The lowest BCUT2D eigenvalue weighted by molar-refractivity contribution is -0.124. The van der Waals surface area contributed by atoms with Gasteiger partial charge in [0.1, 0.15) is 0 Å². The van der Waals surface area contributed by atoms with Gasteiger partial charge < -0.3 is 5.32 Å². The van der Waals surface area contributed by atoms with Crippen LogP contribution in [0.1, 0.15) is 53.9 Å². The van der Waals surface area contributed by atoms with E-state index in [1.807, 2.05) is 0 Å². The highest BCUT2D eigenvalue weighted by Crippen LogP contribution is 2.27. The zero-order valence-electron chi connectivity index (χ0n) is 12.0. The molecular weight excluding hydrogens is 212 g/mol. The molecule has 1 fully saturated rings. The summed E-state index contributed by atoms with van der Waals surface area (Å²) >= 11 is 0. The maximum Gasteiger partial charge on any atom is 0.234 e. The fourth-order valence-corrected chi connectivity index (χ4v) is 1.94. The predicted octanol–water partition coefficient (Wildman–Crippen LogP) is 2.41. The number of carbonyl (C=O) groups excluding carboxylic acids is 1. The molecule has 100 valence electrons. The monoisotopic (exact) mass is 240 g/mol. The Kier molecular flexibility index (Phi) is 4.99. The first-order valence-corrected chi connectivity index (χ1v) is 6.89. The van der Waals surface area contributed by atoms with Crippen LogP contribution in [0.5, 0.6) is 0 Å². The van der Waals surface area contributed by atoms with Gasteiger partial charge in [-0.25, -0.2) is 0 Å². The Morgan fingerprint density at radius 1 is 1.41 bits per heavy atom. The molecule has 0 saturated heterocycles. The van der Waals surface area contributed by atoms with Gasteiger partial charge in [0.05, 0.1) is 6.54 Å². The van der Waals surface area contributed by atoms with Gasteiger partial charge in [-0.15, -0.1) is 0 Å². The molecule has 1 saturated carbocycles. The highest BCUT2D eigenvalue weighted by atomic mass is 16.2. The summed E-state index contributed by atoms with van der Waals surface area (Å²) in [4.78, 5) is 14.3. The molecule has 17 heavy (non-hydrogen) atoms. The fraction of sp³-hybridized carbons (Fsp3) is 0.929. The van der Waals surface area contributed by atoms with Crippen LogP contribution in [0.3, 0.4) is 0 Å². The molecule has 3 nitrogen and oxygen atoms in total. The van der Waals surface area contributed by atoms with Gasteiger partial charge in [-0.05, 0) is 39.0 Å². The van der Waals surface area contributed by atoms with Crippen LogP contribution in [0.4, 0.5) is 0 Å². The second-order valence-electron chi connectivity index (χ2n) is 6.34. The average Bonchev–Trinajstić information content (AvgIpc) is 2.98. The third-order valence-electron chi connectivity index (χ3n) is 3.37. The van der Waals surface area contributed by atoms with E-state index in [0.29, 0.717) is 18.5 Å². The van der Waals surface area contributed by atoms with E-state index in [1.54, 1.807) is 0 Å². The summed E-state index contributed by atoms with van der Waals surface area (Å²) in [7, 11) is 0. The topological polar surface area (TPSA) is 32.3 Å². The molecule has 1 N–H and O–H groups in total. The van der Waals surface area contributed by atoms with Crippen molar-refractivity contribution in [2.75, 3.05) is 13.1 Å². The first-order chi connectivity index (χ1) is 7.84. The van der Waals surface area contributed by atoms with E-state index in [-0.39, 0.29) is 11.4 Å². The lowest BCUT2D eigenvalue weighted by Crippen LogP contribution is -2.48. The number of nitrogens with one attached hydrogen (secondary N) is 1. The number of carbonyl (C=O) groups is 1. The Bertz CT molecular complexity index is 257. The molecule has 0 bridgehead atoms. The highest BCUT2D eigenvalue weighted by molar-refractivity contribution is 5.78. The molecule has 0 atom stereocenters. The standard InChI is InChI=1S/C14H28N2O/c1-6-14(4,5)15-13(17)10-16(9-11(2)3)12-7-8-12/h11-12H,6-10H2,1-5H3,(H,15,17). The third kappa shape index (κ3) is 5.53. The molecule has 0 aromatic carbocycles. The summed E-state index contributed by atoms with van der Waals surface area (Å²) in [6.07, 6.45) is 3.49. The van der Waals surface area contributed by atoms with E-state index >= 15 is 0 Å². The van der Waals surface area contributed by atoms with Crippen molar-refractivity contribution in [2.24, 2.45) is 5.92 Å². The minimum absolute atomic E-state index is 0.0792. The molecule has 3 heteroatoms. The van der Waals surface area contributed by atoms with Gasteiger partial charge in [0.25, 0.3) is 0 Å². The SMILES string of the molecule is CCC(C)(C)NC(=O)CN(CC(C)C)C1CC1. The predicted molar refractivity (Wildman–Crippen MR) is 71.9 cm³/mol. The van der Waals surface area contributed by atoms with Crippen molar-refractivity contribution in [1.29, 1.82) is 0 Å². The molecule has 0 aromatic rings. The normalized spacial score (nSPS) is 16.6. The summed E-state index contributed by atoms with van der Waals surface area (Å²) in [5.74, 6) is 0.798. The number of hydrogen-bond acceptors (Lipinski definition) is 2. The Balaban J connectivity index is 2.41. The summed E-state index contributed by atoms with van der Waals surface area (Å²) < 4.78 is 0. The molecular formula is C14H28N2O. The molecule has 1 aliphatic rings. The van der Waals surface area contributed by atoms with Crippen molar-refractivity contribution in [3.05, 3.63) is 0 Å². The Labute approximate surface area is 106 Å². The van der Waals surface area contributed by atoms with Crippen molar-refractivity contribution in [1.82, 2.24) is 10.2 Å². The smallest absolute Gasteiger partial charge is 0.234 e. The minimum atomic E-state index is -0.0792. The second-order valence-corrected chi connectivity index (χ2v) is 6.34. The first-order valence-electron chi connectivity index (χ1n) is 6.89. The van der Waals surface area contributed by atoms with E-state index in [2.05, 4.69) is 44.8 Å². The van der Waals surface area contributed by atoms with Crippen LogP contribution in [0, 0.1) is 5.92 Å². The molecule has 0 aliphatic heterocycles. The quantitative estimate of drug-likeness (QED) is 0.741. The fourth-order valence-electron chi connectivity index (χ4n) is 1.94. The van der Waals surface area contributed by atoms with Crippen molar-refractivity contribution < 1.29 is 4.79 Å². The Morgan fingerprint density at radius 3 is 2.41 bits per heavy atom. The van der Waals surface area contributed by atoms with Gasteiger partial charge in [-0.2, -0.15) is 0 Å². The van der Waals surface area contributed by atoms with Crippen LogP contribution in [0.2, 0.25) is 0 Å². The number of hydrogen-bond donors (Lipinski definition) is 1. The number of amides is 1. The van der Waals surface area contributed by atoms with Gasteiger partial charge in [0, 0.05) is 18.1 Å². The Morgan fingerprint density at radius 2 is 2.00 bits per heavy atom. The van der Waals surface area contributed by atoms with E-state index < -0.39 is 0 Å². The molecule has 1 amide bonds. The van der Waals surface area contributed by atoms with Crippen molar-refractivity contribution in [3.8, 4) is 0 Å². The molecule has 0 aromatic heterocycles. The minimum Gasteiger partial charge on any atom is -0.350 e. The number of rotatable bonds is 7. The summed E-state index contributed by atoms with van der Waals surface area (Å²) in [6.45, 7) is 12.3. The lowest BCUT2D eigenvalue weighted by Gasteiger charge is -2.28. The van der Waals surface area contributed by atoms with Crippen molar-refractivity contribution in [2.45, 2.75) is 65.5 Å². The highest BCUT2D eigenvalue weighted by Gasteiger charge is 2.31. The zero-order valence-corrected chi connectivity index (χ0v) is 12.0. The van der Waals surface area contributed by atoms with E-state index in [1.165, 1.54) is 12.8 Å². The first kappa shape index (κ1) is 14.5. The average molecular weight is 240 g/mol. The van der Waals surface area contributed by atoms with Crippen LogP contribution < -0.4 is 5.32 Å². The molecule has 0 radical (unpaired) electrons. The summed E-state index contributed by atoms with van der Waals surface area (Å²) in [5.41, 5.74) is -0.0792. The molecule has 1 aliphatic carbocycles. The van der Waals surface area contributed by atoms with E-state index in [4.69, 9.17) is 0 Å². The molecule has 0 unspecified atom stereocenters. The van der Waals surface area contributed by atoms with Gasteiger partial charge in [0.2, 0.25) is 5.91 Å². The van der Waals surface area contributed by atoms with Gasteiger partial charge >= 0.3 is 0 Å². The summed E-state index contributed by atoms with van der Waals surface area (Å²) in [5, 5.41) is 3.11. The van der Waals surface area contributed by atoms with Gasteiger partial charge in [-0.3, -0.25) is 9.69 Å². The maximum absolute atomic E-state index is 12.0. The van der Waals surface area contributed by atoms with Gasteiger partial charge in [-0.1, -0.05) is 20.8 Å². The van der Waals surface area contributed by atoms with Crippen molar-refractivity contribution >= 4 is 5.91 Å². The second kappa shape index (κ2) is 5.85. The lowest BCUT2D eigenvalue weighted by atomic mass is 10.0. The van der Waals surface area contributed by atoms with Crippen LogP contribution in [-0.2, 0) is 4.79 Å². The molecule has 1 rings (SSSR count). The largest absolute Gasteiger partial charge is 0.350 e.